The highest BCUT2D eigenvalue weighted by Gasteiger charge is 2.14. The van der Waals surface area contributed by atoms with Crippen molar-refractivity contribution in [2.24, 2.45) is 0 Å². The number of aromatic amines is 1. The van der Waals surface area contributed by atoms with Crippen molar-refractivity contribution in [1.29, 1.82) is 0 Å². The number of hydrogen-bond acceptors (Lipinski definition) is 6. The van der Waals surface area contributed by atoms with Gasteiger partial charge in [0.2, 0.25) is 0 Å². The first kappa shape index (κ1) is 17.5. The third-order valence-corrected chi connectivity index (χ3v) is 5.86. The second kappa shape index (κ2) is 7.10. The van der Waals surface area contributed by atoms with Gasteiger partial charge in [0.1, 0.15) is 5.75 Å². The zero-order valence-electron chi connectivity index (χ0n) is 15.9. The average Bonchev–Trinajstić information content (AvgIpc) is 3.38. The third kappa shape index (κ3) is 3.25. The normalized spacial score (nSPS) is 11.1. The Morgan fingerprint density at radius 3 is 2.48 bits per heavy atom. The molecule has 29 heavy (non-hydrogen) atoms. The molecular formula is C22H17N5OS. The summed E-state index contributed by atoms with van der Waals surface area (Å²) in [5.41, 5.74) is 4.79. The van der Waals surface area contributed by atoms with Gasteiger partial charge in [0.15, 0.2) is 11.6 Å². The summed E-state index contributed by atoms with van der Waals surface area (Å²) >= 11 is 1.57. The molecule has 2 aromatic carbocycles. The molecule has 0 bridgehead atoms. The lowest BCUT2D eigenvalue weighted by molar-refractivity contribution is 0.485. The Bertz CT molecular complexity index is 1270. The van der Waals surface area contributed by atoms with Crippen LogP contribution in [0.4, 0.5) is 0 Å². The van der Waals surface area contributed by atoms with Crippen molar-refractivity contribution in [3.63, 3.8) is 0 Å². The molecule has 0 atom stereocenters. The van der Waals surface area contributed by atoms with Gasteiger partial charge in [0.25, 0.3) is 0 Å². The lowest BCUT2D eigenvalue weighted by atomic mass is 9.95. The molecule has 6 nitrogen and oxygen atoms in total. The smallest absolute Gasteiger partial charge is 0.189 e. The predicted octanol–water partition coefficient (Wildman–Crippen LogP) is 5.55. The van der Waals surface area contributed by atoms with E-state index in [-0.39, 0.29) is 0 Å². The van der Waals surface area contributed by atoms with Crippen molar-refractivity contribution in [2.45, 2.75) is 13.8 Å². The number of aromatic nitrogens is 5. The molecule has 0 fully saturated rings. The van der Waals surface area contributed by atoms with Gasteiger partial charge in [0, 0.05) is 11.6 Å². The van der Waals surface area contributed by atoms with E-state index in [2.05, 4.69) is 75.9 Å². The first-order valence-corrected chi connectivity index (χ1v) is 9.97. The lowest BCUT2D eigenvalue weighted by Crippen LogP contribution is -1.92. The number of hydrogen-bond donors (Lipinski definition) is 1. The molecule has 3 heterocycles. The van der Waals surface area contributed by atoms with E-state index in [1.807, 2.05) is 18.3 Å². The fourth-order valence-electron chi connectivity index (χ4n) is 3.57. The number of H-pyrrole nitrogens is 1. The van der Waals surface area contributed by atoms with Crippen molar-refractivity contribution in [3.8, 4) is 33.3 Å². The highest BCUT2D eigenvalue weighted by atomic mass is 32.1. The number of thiophene rings is 1. The molecule has 0 unspecified atom stereocenters. The van der Waals surface area contributed by atoms with Gasteiger partial charge in [-0.15, -0.1) is 16.4 Å². The Balaban J connectivity index is 1.53. The second-order valence-corrected chi connectivity index (χ2v) is 7.89. The molecule has 0 aliphatic carbocycles. The number of aryl methyl sites for hydroxylation is 2. The van der Waals surface area contributed by atoms with E-state index in [9.17, 15) is 0 Å². The van der Waals surface area contributed by atoms with Gasteiger partial charge >= 0.3 is 0 Å². The number of tetrazole rings is 1. The molecule has 0 aliphatic heterocycles. The molecule has 0 aliphatic rings. The van der Waals surface area contributed by atoms with Crippen LogP contribution in [0.3, 0.4) is 0 Å². The first-order chi connectivity index (χ1) is 14.2. The van der Waals surface area contributed by atoms with Crippen molar-refractivity contribution >= 4 is 21.4 Å². The summed E-state index contributed by atoms with van der Waals surface area (Å²) in [4.78, 5) is 5.28. The SMILES string of the molecule is Cc1cc(Oc2cncc3sc(-c4nnn[nH]4)cc23)cc(C)c1-c1ccccc1. The van der Waals surface area contributed by atoms with E-state index in [1.165, 1.54) is 22.3 Å². The zero-order valence-corrected chi connectivity index (χ0v) is 16.7. The van der Waals surface area contributed by atoms with Gasteiger partial charge in [-0.25, -0.2) is 5.10 Å². The van der Waals surface area contributed by atoms with Gasteiger partial charge in [-0.3, -0.25) is 4.98 Å². The maximum absolute atomic E-state index is 6.26. The van der Waals surface area contributed by atoms with Crippen LogP contribution >= 0.6 is 11.3 Å². The molecule has 5 aromatic rings. The number of nitrogens with zero attached hydrogens (tertiary/aromatic N) is 4. The molecular weight excluding hydrogens is 382 g/mol. The zero-order chi connectivity index (χ0) is 19.8. The first-order valence-electron chi connectivity index (χ1n) is 9.15. The monoisotopic (exact) mass is 399 g/mol. The molecule has 0 radical (unpaired) electrons. The summed E-state index contributed by atoms with van der Waals surface area (Å²) in [7, 11) is 0. The van der Waals surface area contributed by atoms with Crippen LogP contribution in [0, 0.1) is 13.8 Å². The molecule has 3 aromatic heterocycles. The quantitative estimate of drug-likeness (QED) is 0.429. The van der Waals surface area contributed by atoms with E-state index in [4.69, 9.17) is 4.74 Å². The number of benzene rings is 2. The Morgan fingerprint density at radius 2 is 1.76 bits per heavy atom. The number of rotatable bonds is 4. The van der Waals surface area contributed by atoms with Gasteiger partial charge < -0.3 is 4.74 Å². The summed E-state index contributed by atoms with van der Waals surface area (Å²) in [5, 5.41) is 15.1. The predicted molar refractivity (Wildman–Crippen MR) is 114 cm³/mol. The Labute approximate surface area is 171 Å². The van der Waals surface area contributed by atoms with Gasteiger partial charge in [-0.2, -0.15) is 0 Å². The van der Waals surface area contributed by atoms with Gasteiger partial charge in [-0.05, 0) is 64.7 Å². The molecule has 0 saturated carbocycles. The minimum Gasteiger partial charge on any atom is -0.455 e. The standard InChI is InChI=1S/C22H17N5OS/c1-13-8-16(9-14(2)21(13)15-6-4-3-5-7-15)28-18-11-23-12-20-17(18)10-19(29-20)22-24-26-27-25-22/h3-12H,1-2H3,(H,24,25,26,27). The number of fused-ring (bicyclic) bond motifs is 1. The summed E-state index contributed by atoms with van der Waals surface area (Å²) in [6.45, 7) is 4.22. The summed E-state index contributed by atoms with van der Waals surface area (Å²) in [5.74, 6) is 2.14. The van der Waals surface area contributed by atoms with Crippen molar-refractivity contribution < 1.29 is 4.74 Å². The van der Waals surface area contributed by atoms with Gasteiger partial charge in [-0.1, -0.05) is 30.3 Å². The van der Waals surface area contributed by atoms with Crippen molar-refractivity contribution in [3.05, 3.63) is 72.1 Å². The number of nitrogens with one attached hydrogen (secondary N) is 1. The van der Waals surface area contributed by atoms with E-state index >= 15 is 0 Å². The third-order valence-electron chi connectivity index (χ3n) is 4.79. The van der Waals surface area contributed by atoms with Crippen LogP contribution in [0.15, 0.2) is 60.9 Å². The van der Waals surface area contributed by atoms with Crippen LogP contribution in [0.1, 0.15) is 11.1 Å². The maximum atomic E-state index is 6.26. The molecule has 7 heteroatoms. The molecule has 5 rings (SSSR count). The lowest BCUT2D eigenvalue weighted by Gasteiger charge is -2.14. The highest BCUT2D eigenvalue weighted by molar-refractivity contribution is 7.22. The topological polar surface area (TPSA) is 76.6 Å². The van der Waals surface area contributed by atoms with Crippen LogP contribution in [0.2, 0.25) is 0 Å². The second-order valence-electron chi connectivity index (χ2n) is 6.81. The van der Waals surface area contributed by atoms with Crippen LogP contribution in [0.25, 0.3) is 31.9 Å². The van der Waals surface area contributed by atoms with E-state index in [0.29, 0.717) is 11.6 Å². The van der Waals surface area contributed by atoms with Crippen LogP contribution in [-0.4, -0.2) is 25.6 Å². The summed E-state index contributed by atoms with van der Waals surface area (Å²) in [6.07, 6.45) is 3.57. The Morgan fingerprint density at radius 1 is 0.966 bits per heavy atom. The van der Waals surface area contributed by atoms with E-state index in [1.54, 1.807) is 17.5 Å². The van der Waals surface area contributed by atoms with Gasteiger partial charge in [0.05, 0.1) is 15.8 Å². The molecule has 0 amide bonds. The Hall–Kier alpha value is -3.58. The fraction of sp³-hybridized carbons (Fsp3) is 0.0909. The molecule has 0 spiro atoms. The highest BCUT2D eigenvalue weighted by Crippen LogP contribution is 2.39. The average molecular weight is 399 g/mol. The fourth-order valence-corrected chi connectivity index (χ4v) is 4.55. The summed E-state index contributed by atoms with van der Waals surface area (Å²) < 4.78 is 7.27. The van der Waals surface area contributed by atoms with Crippen LogP contribution in [0.5, 0.6) is 11.5 Å². The molecule has 142 valence electrons. The minimum absolute atomic E-state index is 0.635. The molecule has 1 N–H and O–H groups in total. The Kier molecular flexibility index (Phi) is 4.29. The number of pyridine rings is 1. The van der Waals surface area contributed by atoms with Crippen molar-refractivity contribution in [2.75, 3.05) is 0 Å². The van der Waals surface area contributed by atoms with Crippen LogP contribution < -0.4 is 4.74 Å². The maximum Gasteiger partial charge on any atom is 0.189 e. The minimum atomic E-state index is 0.635. The van der Waals surface area contributed by atoms with Crippen LogP contribution in [-0.2, 0) is 0 Å². The largest absolute Gasteiger partial charge is 0.455 e. The molecule has 0 saturated heterocycles. The summed E-state index contributed by atoms with van der Waals surface area (Å²) in [6, 6.07) is 16.6. The number of ether oxygens (including phenoxy) is 1. The van der Waals surface area contributed by atoms with E-state index in [0.717, 1.165) is 20.7 Å². The van der Waals surface area contributed by atoms with E-state index < -0.39 is 0 Å². The van der Waals surface area contributed by atoms with Crippen molar-refractivity contribution in [1.82, 2.24) is 25.6 Å².